The molecule has 1 aromatic heterocycles. The van der Waals surface area contributed by atoms with Crippen LogP contribution in [0.3, 0.4) is 0 Å². The quantitative estimate of drug-likeness (QED) is 0.788. The van der Waals surface area contributed by atoms with Gasteiger partial charge in [-0.1, -0.05) is 5.10 Å². The number of hydrogen-bond acceptors (Lipinski definition) is 7. The minimum absolute atomic E-state index is 0.00581. The van der Waals surface area contributed by atoms with Crippen LogP contribution < -0.4 is 14.8 Å². The summed E-state index contributed by atoms with van der Waals surface area (Å²) in [6.07, 6.45) is 1.53. The van der Waals surface area contributed by atoms with Crippen LogP contribution in [0.5, 0.6) is 11.5 Å². The zero-order valence-corrected chi connectivity index (χ0v) is 14.4. The second-order valence-corrected chi connectivity index (χ2v) is 5.72. The molecular formula is C14H14BrN5O4. The number of anilines is 1. The summed E-state index contributed by atoms with van der Waals surface area (Å²) in [6, 6.07) is 3.10. The molecule has 3 rings (SSSR count). The number of rotatable bonds is 5. The number of benzene rings is 1. The van der Waals surface area contributed by atoms with Gasteiger partial charge in [0, 0.05) is 0 Å². The average Bonchev–Trinajstić information content (AvgIpc) is 3.04. The van der Waals surface area contributed by atoms with Gasteiger partial charge in [-0.05, 0) is 57.1 Å². The van der Waals surface area contributed by atoms with E-state index < -0.39 is 12.0 Å². The molecule has 1 aliphatic heterocycles. The van der Waals surface area contributed by atoms with Crippen LogP contribution in [-0.4, -0.2) is 45.0 Å². The fraction of sp³-hybridized carbons (Fsp3) is 0.286. The standard InChI is InChI=1S/C14H14BrN5O4/c1-3-24-12-8(15)4-7(5-11(12)23-2)10-6-9(13(21)22)16-14-17-18-19-20(10)14/h4-6,10H,3H2,1-2H3,(H,21,22)(H,16,17,19)/t10-/m1/s1. The van der Waals surface area contributed by atoms with Crippen molar-refractivity contribution in [3.8, 4) is 11.5 Å². The van der Waals surface area contributed by atoms with E-state index in [4.69, 9.17) is 9.47 Å². The Kier molecular flexibility index (Phi) is 4.38. The maximum Gasteiger partial charge on any atom is 0.352 e. The number of ether oxygens (including phenoxy) is 2. The number of carboxylic acid groups (broad SMARTS) is 1. The Labute approximate surface area is 145 Å². The molecule has 9 nitrogen and oxygen atoms in total. The lowest BCUT2D eigenvalue weighted by Gasteiger charge is -2.23. The highest BCUT2D eigenvalue weighted by atomic mass is 79.9. The molecule has 10 heteroatoms. The largest absolute Gasteiger partial charge is 0.493 e. The molecule has 1 aliphatic rings. The van der Waals surface area contributed by atoms with E-state index in [9.17, 15) is 9.90 Å². The smallest absolute Gasteiger partial charge is 0.352 e. The third-order valence-corrected chi connectivity index (χ3v) is 4.03. The monoisotopic (exact) mass is 395 g/mol. The molecule has 2 N–H and O–H groups in total. The van der Waals surface area contributed by atoms with Gasteiger partial charge in [0.1, 0.15) is 11.7 Å². The molecule has 0 fully saturated rings. The maximum absolute atomic E-state index is 11.3. The Morgan fingerprint density at radius 2 is 2.29 bits per heavy atom. The number of allylic oxidation sites excluding steroid dienone is 1. The van der Waals surface area contributed by atoms with Gasteiger partial charge in [-0.3, -0.25) is 0 Å². The van der Waals surface area contributed by atoms with E-state index in [0.29, 0.717) is 22.6 Å². The summed E-state index contributed by atoms with van der Waals surface area (Å²) in [4.78, 5) is 11.3. The number of tetrazole rings is 1. The van der Waals surface area contributed by atoms with Crippen LogP contribution >= 0.6 is 15.9 Å². The first kappa shape index (κ1) is 16.2. The summed E-state index contributed by atoms with van der Waals surface area (Å²) in [7, 11) is 1.54. The van der Waals surface area contributed by atoms with Crippen LogP contribution in [-0.2, 0) is 4.79 Å². The van der Waals surface area contributed by atoms with Gasteiger partial charge >= 0.3 is 5.97 Å². The fourth-order valence-corrected chi connectivity index (χ4v) is 2.99. The highest BCUT2D eigenvalue weighted by Crippen LogP contribution is 2.40. The zero-order chi connectivity index (χ0) is 17.3. The van der Waals surface area contributed by atoms with Crippen LogP contribution in [0.4, 0.5) is 5.95 Å². The van der Waals surface area contributed by atoms with E-state index in [-0.39, 0.29) is 11.6 Å². The molecule has 2 aromatic rings. The number of aromatic nitrogens is 4. The van der Waals surface area contributed by atoms with Crippen molar-refractivity contribution >= 4 is 27.8 Å². The molecule has 0 aliphatic carbocycles. The number of aliphatic carboxylic acids is 1. The van der Waals surface area contributed by atoms with Gasteiger partial charge in [0.25, 0.3) is 0 Å². The molecule has 0 saturated carbocycles. The third kappa shape index (κ3) is 2.80. The summed E-state index contributed by atoms with van der Waals surface area (Å²) in [5, 5.41) is 23.3. The minimum atomic E-state index is -1.09. The molecule has 0 unspecified atom stereocenters. The van der Waals surface area contributed by atoms with Crippen molar-refractivity contribution in [2.45, 2.75) is 13.0 Å². The van der Waals surface area contributed by atoms with Crippen molar-refractivity contribution in [2.24, 2.45) is 0 Å². The normalized spacial score (nSPS) is 16.0. The van der Waals surface area contributed by atoms with Crippen LogP contribution in [0.15, 0.2) is 28.4 Å². The van der Waals surface area contributed by atoms with Crippen molar-refractivity contribution in [3.05, 3.63) is 33.9 Å². The molecule has 0 amide bonds. The van der Waals surface area contributed by atoms with Crippen LogP contribution in [0, 0.1) is 0 Å². The lowest BCUT2D eigenvalue weighted by Crippen LogP contribution is -2.24. The van der Waals surface area contributed by atoms with Gasteiger partial charge in [-0.15, -0.1) is 0 Å². The molecule has 0 saturated heterocycles. The minimum Gasteiger partial charge on any atom is -0.493 e. The van der Waals surface area contributed by atoms with Crippen LogP contribution in [0.1, 0.15) is 18.5 Å². The van der Waals surface area contributed by atoms with Gasteiger partial charge < -0.3 is 19.9 Å². The molecule has 24 heavy (non-hydrogen) atoms. The predicted molar refractivity (Wildman–Crippen MR) is 87.2 cm³/mol. The van der Waals surface area contributed by atoms with Gasteiger partial charge in [0.05, 0.1) is 18.2 Å². The first-order chi connectivity index (χ1) is 11.5. The van der Waals surface area contributed by atoms with Crippen LogP contribution in [0.2, 0.25) is 0 Å². The summed E-state index contributed by atoms with van der Waals surface area (Å²) in [5.74, 6) is 0.270. The van der Waals surface area contributed by atoms with E-state index in [0.717, 1.165) is 5.56 Å². The first-order valence-electron chi connectivity index (χ1n) is 7.05. The van der Waals surface area contributed by atoms with Crippen molar-refractivity contribution in [1.29, 1.82) is 0 Å². The zero-order valence-electron chi connectivity index (χ0n) is 12.9. The van der Waals surface area contributed by atoms with Gasteiger partial charge in [-0.25, -0.2) is 4.79 Å². The second-order valence-electron chi connectivity index (χ2n) is 4.87. The summed E-state index contributed by atoms with van der Waals surface area (Å²) in [5.41, 5.74) is 0.752. The number of methoxy groups -OCH3 is 1. The Balaban J connectivity index is 2.11. The van der Waals surface area contributed by atoms with Gasteiger partial charge in [0.2, 0.25) is 5.95 Å². The van der Waals surface area contributed by atoms with E-state index in [1.165, 1.54) is 17.9 Å². The van der Waals surface area contributed by atoms with Crippen LogP contribution in [0.25, 0.3) is 0 Å². The van der Waals surface area contributed by atoms with E-state index in [1.54, 1.807) is 6.07 Å². The highest BCUT2D eigenvalue weighted by molar-refractivity contribution is 9.10. The lowest BCUT2D eigenvalue weighted by molar-refractivity contribution is -0.132. The molecule has 1 atom stereocenters. The predicted octanol–water partition coefficient (Wildman–Crippen LogP) is 1.83. The molecule has 0 bridgehead atoms. The maximum atomic E-state index is 11.3. The number of carbonyl (C=O) groups is 1. The molecular weight excluding hydrogens is 382 g/mol. The Morgan fingerprint density at radius 3 is 2.96 bits per heavy atom. The molecule has 0 radical (unpaired) electrons. The number of halogens is 1. The summed E-state index contributed by atoms with van der Waals surface area (Å²) < 4.78 is 13.1. The van der Waals surface area contributed by atoms with E-state index in [2.05, 4.69) is 36.8 Å². The first-order valence-corrected chi connectivity index (χ1v) is 7.84. The van der Waals surface area contributed by atoms with Gasteiger partial charge in [0.15, 0.2) is 11.5 Å². The molecule has 126 valence electrons. The fourth-order valence-electron chi connectivity index (χ4n) is 2.41. The Bertz CT molecular complexity index is 819. The molecule has 0 spiro atoms. The number of nitrogens with one attached hydrogen (secondary N) is 1. The van der Waals surface area contributed by atoms with E-state index >= 15 is 0 Å². The number of fused-ring (bicyclic) bond motifs is 1. The summed E-state index contributed by atoms with van der Waals surface area (Å²) in [6.45, 7) is 2.36. The number of nitrogens with zero attached hydrogens (tertiary/aromatic N) is 4. The third-order valence-electron chi connectivity index (χ3n) is 3.44. The van der Waals surface area contributed by atoms with Crippen molar-refractivity contribution in [3.63, 3.8) is 0 Å². The number of carboxylic acids is 1. The van der Waals surface area contributed by atoms with Crippen molar-refractivity contribution in [2.75, 3.05) is 19.0 Å². The van der Waals surface area contributed by atoms with Crippen molar-refractivity contribution in [1.82, 2.24) is 20.2 Å². The SMILES string of the molecule is CCOc1c(Br)cc([C@H]2C=C(C(=O)O)Nc3nnnn32)cc1OC. The Hall–Kier alpha value is -2.62. The van der Waals surface area contributed by atoms with Crippen molar-refractivity contribution < 1.29 is 19.4 Å². The molecule has 2 heterocycles. The van der Waals surface area contributed by atoms with Gasteiger partial charge in [-0.2, -0.15) is 4.68 Å². The second kappa shape index (κ2) is 6.48. The number of hydrogen-bond donors (Lipinski definition) is 2. The average molecular weight is 396 g/mol. The Morgan fingerprint density at radius 1 is 1.50 bits per heavy atom. The topological polar surface area (TPSA) is 111 Å². The lowest BCUT2D eigenvalue weighted by atomic mass is 10.0. The summed E-state index contributed by atoms with van der Waals surface area (Å²) >= 11 is 3.46. The van der Waals surface area contributed by atoms with E-state index in [1.807, 2.05) is 13.0 Å². The molecule has 1 aromatic carbocycles. The highest BCUT2D eigenvalue weighted by Gasteiger charge is 2.27.